The van der Waals surface area contributed by atoms with Crippen LogP contribution in [0.25, 0.3) is 0 Å². The molecule has 1 aromatic rings. The van der Waals surface area contributed by atoms with Gasteiger partial charge in [0.15, 0.2) is 0 Å². The molecule has 0 bridgehead atoms. The van der Waals surface area contributed by atoms with Crippen LogP contribution in [0.1, 0.15) is 50.4 Å². The molecule has 26 heavy (non-hydrogen) atoms. The number of hydrogen-bond donors (Lipinski definition) is 0. The van der Waals surface area contributed by atoms with Crippen LogP contribution in [0.2, 0.25) is 0 Å². The molecular formula is C21H29N3O2. The van der Waals surface area contributed by atoms with Crippen molar-refractivity contribution in [3.8, 4) is 0 Å². The summed E-state index contributed by atoms with van der Waals surface area (Å²) < 4.78 is 0. The van der Waals surface area contributed by atoms with Crippen LogP contribution in [0.3, 0.4) is 0 Å². The molecule has 2 amide bonds. The first-order chi connectivity index (χ1) is 12.5. The van der Waals surface area contributed by atoms with Crippen molar-refractivity contribution in [3.05, 3.63) is 29.6 Å². The van der Waals surface area contributed by atoms with Gasteiger partial charge in [-0.05, 0) is 57.1 Å². The first-order valence-electron chi connectivity index (χ1n) is 9.99. The molecule has 3 atom stereocenters. The van der Waals surface area contributed by atoms with Gasteiger partial charge in [0.2, 0.25) is 11.8 Å². The maximum absolute atomic E-state index is 13.2. The first-order valence-corrected chi connectivity index (χ1v) is 9.99. The number of rotatable bonds is 3. The average molecular weight is 355 g/mol. The van der Waals surface area contributed by atoms with Crippen LogP contribution in [0.4, 0.5) is 0 Å². The zero-order valence-electron chi connectivity index (χ0n) is 15.9. The summed E-state index contributed by atoms with van der Waals surface area (Å²) in [6, 6.07) is 5.98. The van der Waals surface area contributed by atoms with Gasteiger partial charge in [-0.2, -0.15) is 0 Å². The Balaban J connectivity index is 1.41. The number of nitrogens with zero attached hydrogens (tertiary/aromatic N) is 3. The van der Waals surface area contributed by atoms with Crippen molar-refractivity contribution in [1.82, 2.24) is 14.8 Å². The van der Waals surface area contributed by atoms with E-state index in [1.54, 1.807) is 0 Å². The highest BCUT2D eigenvalue weighted by molar-refractivity contribution is 5.85. The Morgan fingerprint density at radius 3 is 2.73 bits per heavy atom. The Kier molecular flexibility index (Phi) is 4.49. The molecule has 2 aliphatic heterocycles. The number of carbonyl (C=O) groups excluding carboxylic acids is 2. The third-order valence-electron chi connectivity index (χ3n) is 6.58. The third kappa shape index (κ3) is 3.24. The molecule has 0 radical (unpaired) electrons. The first kappa shape index (κ1) is 17.5. The standard InChI is InChI=1S/C21H29N3O2/c1-15-13-18(15)19(25)23-10-4-7-21(8-11-23)9-12-24(20(21)26)14-17-6-3-5-16(2)22-17/h3,5-6,15,18H,4,7-14H2,1-2H3. The number of pyridine rings is 1. The minimum absolute atomic E-state index is 0.243. The quantitative estimate of drug-likeness (QED) is 0.838. The lowest BCUT2D eigenvalue weighted by molar-refractivity contribution is -0.138. The van der Waals surface area contributed by atoms with Crippen LogP contribution in [-0.2, 0) is 16.1 Å². The van der Waals surface area contributed by atoms with E-state index in [-0.39, 0.29) is 17.2 Å². The average Bonchev–Trinajstić information content (AvgIpc) is 3.33. The van der Waals surface area contributed by atoms with Gasteiger partial charge in [-0.1, -0.05) is 13.0 Å². The Hall–Kier alpha value is -1.91. The van der Waals surface area contributed by atoms with Gasteiger partial charge in [-0.3, -0.25) is 14.6 Å². The summed E-state index contributed by atoms with van der Waals surface area (Å²) in [6.07, 6.45) is 4.62. The molecule has 5 nitrogen and oxygen atoms in total. The van der Waals surface area contributed by atoms with E-state index in [0.29, 0.717) is 18.4 Å². The van der Waals surface area contributed by atoms with Crippen molar-refractivity contribution < 1.29 is 9.59 Å². The third-order valence-corrected chi connectivity index (χ3v) is 6.58. The lowest BCUT2D eigenvalue weighted by Gasteiger charge is -2.27. The number of aromatic nitrogens is 1. The summed E-state index contributed by atoms with van der Waals surface area (Å²) in [7, 11) is 0. The van der Waals surface area contributed by atoms with E-state index in [1.807, 2.05) is 34.9 Å². The predicted molar refractivity (Wildman–Crippen MR) is 99.1 cm³/mol. The second-order valence-electron chi connectivity index (χ2n) is 8.53. The molecule has 3 fully saturated rings. The molecule has 140 valence electrons. The molecule has 3 aliphatic rings. The molecule has 1 aliphatic carbocycles. The summed E-state index contributed by atoms with van der Waals surface area (Å²) in [5.41, 5.74) is 1.69. The highest BCUT2D eigenvalue weighted by atomic mass is 16.2. The molecular weight excluding hydrogens is 326 g/mol. The summed E-state index contributed by atoms with van der Waals surface area (Å²) >= 11 is 0. The van der Waals surface area contributed by atoms with Crippen molar-refractivity contribution in [2.45, 2.75) is 52.5 Å². The minimum Gasteiger partial charge on any atom is -0.342 e. The van der Waals surface area contributed by atoms with E-state index in [2.05, 4.69) is 11.9 Å². The molecule has 0 N–H and O–H groups in total. The van der Waals surface area contributed by atoms with Crippen molar-refractivity contribution in [2.75, 3.05) is 19.6 Å². The second-order valence-corrected chi connectivity index (χ2v) is 8.53. The molecule has 0 aromatic carbocycles. The van der Waals surface area contributed by atoms with Crippen LogP contribution in [0.15, 0.2) is 18.2 Å². The predicted octanol–water partition coefficient (Wildman–Crippen LogP) is 2.78. The van der Waals surface area contributed by atoms with Gasteiger partial charge in [-0.25, -0.2) is 0 Å². The monoisotopic (exact) mass is 355 g/mol. The summed E-state index contributed by atoms with van der Waals surface area (Å²) in [5.74, 6) is 1.38. The van der Waals surface area contributed by atoms with E-state index in [1.165, 1.54) is 0 Å². The maximum atomic E-state index is 13.2. The summed E-state index contributed by atoms with van der Waals surface area (Å²) in [6.45, 7) is 7.10. The van der Waals surface area contributed by atoms with Crippen LogP contribution >= 0.6 is 0 Å². The maximum Gasteiger partial charge on any atom is 0.229 e. The Morgan fingerprint density at radius 1 is 1.23 bits per heavy atom. The van der Waals surface area contributed by atoms with E-state index in [9.17, 15) is 9.59 Å². The van der Waals surface area contributed by atoms with Crippen molar-refractivity contribution >= 4 is 11.8 Å². The van der Waals surface area contributed by atoms with Crippen LogP contribution < -0.4 is 0 Å². The molecule has 1 spiro atoms. The zero-order chi connectivity index (χ0) is 18.3. The molecule has 3 unspecified atom stereocenters. The van der Waals surface area contributed by atoms with Crippen molar-refractivity contribution in [1.29, 1.82) is 0 Å². The Morgan fingerprint density at radius 2 is 2.00 bits per heavy atom. The van der Waals surface area contributed by atoms with Gasteiger partial charge in [0.25, 0.3) is 0 Å². The molecule has 3 heterocycles. The van der Waals surface area contributed by atoms with Gasteiger partial charge in [0.05, 0.1) is 17.7 Å². The van der Waals surface area contributed by atoms with Gasteiger partial charge >= 0.3 is 0 Å². The SMILES string of the molecule is Cc1cccc(CN2CCC3(CCCN(C(=O)C4CC4C)CC3)C2=O)n1. The number of carbonyl (C=O) groups is 2. The zero-order valence-corrected chi connectivity index (χ0v) is 15.9. The van der Waals surface area contributed by atoms with Gasteiger partial charge in [0, 0.05) is 31.2 Å². The Labute approximate surface area is 155 Å². The number of aryl methyl sites for hydroxylation is 1. The lowest BCUT2D eigenvalue weighted by Crippen LogP contribution is -2.37. The van der Waals surface area contributed by atoms with Crippen molar-refractivity contribution in [3.63, 3.8) is 0 Å². The smallest absolute Gasteiger partial charge is 0.229 e. The largest absolute Gasteiger partial charge is 0.342 e. The number of hydrogen-bond acceptors (Lipinski definition) is 3. The van der Waals surface area contributed by atoms with E-state index in [0.717, 1.165) is 63.1 Å². The van der Waals surface area contributed by atoms with E-state index in [4.69, 9.17) is 0 Å². The molecule has 1 aromatic heterocycles. The second kappa shape index (κ2) is 6.67. The van der Waals surface area contributed by atoms with E-state index < -0.39 is 0 Å². The van der Waals surface area contributed by atoms with Crippen molar-refractivity contribution in [2.24, 2.45) is 17.3 Å². The van der Waals surface area contributed by atoms with Crippen LogP contribution in [-0.4, -0.2) is 46.2 Å². The fourth-order valence-electron chi connectivity index (χ4n) is 4.71. The highest BCUT2D eigenvalue weighted by Crippen LogP contribution is 2.44. The van der Waals surface area contributed by atoms with Crippen LogP contribution in [0, 0.1) is 24.2 Å². The number of likely N-dealkylation sites (tertiary alicyclic amines) is 2. The van der Waals surface area contributed by atoms with Gasteiger partial charge in [-0.15, -0.1) is 0 Å². The molecule has 5 heteroatoms. The molecule has 1 saturated carbocycles. The fraction of sp³-hybridized carbons (Fsp3) is 0.667. The van der Waals surface area contributed by atoms with Crippen LogP contribution in [0.5, 0.6) is 0 Å². The minimum atomic E-state index is -0.256. The van der Waals surface area contributed by atoms with E-state index >= 15 is 0 Å². The topological polar surface area (TPSA) is 53.5 Å². The summed E-state index contributed by atoms with van der Waals surface area (Å²) in [4.78, 5) is 34.3. The number of amides is 2. The summed E-state index contributed by atoms with van der Waals surface area (Å²) in [5, 5.41) is 0. The lowest BCUT2D eigenvalue weighted by atomic mass is 9.79. The normalized spacial score (nSPS) is 31.4. The Bertz CT molecular complexity index is 719. The molecule has 2 saturated heterocycles. The fourth-order valence-corrected chi connectivity index (χ4v) is 4.71. The van der Waals surface area contributed by atoms with Gasteiger partial charge in [0.1, 0.15) is 0 Å². The molecule has 4 rings (SSSR count). The van der Waals surface area contributed by atoms with Gasteiger partial charge < -0.3 is 9.80 Å². The highest BCUT2D eigenvalue weighted by Gasteiger charge is 2.48.